The molecule has 0 bridgehead atoms. The van der Waals surface area contributed by atoms with Crippen molar-refractivity contribution in [3.63, 3.8) is 0 Å². The molecule has 0 saturated carbocycles. The summed E-state index contributed by atoms with van der Waals surface area (Å²) in [5.74, 6) is 2.86. The number of carbonyl (C=O) groups excluding carboxylic acids is 1. The van der Waals surface area contributed by atoms with Crippen molar-refractivity contribution in [2.45, 2.75) is 24.9 Å². The number of likely N-dealkylation sites (tertiary alicyclic amines) is 1. The van der Waals surface area contributed by atoms with Crippen molar-refractivity contribution in [1.82, 2.24) is 20.2 Å². The van der Waals surface area contributed by atoms with Gasteiger partial charge in [0, 0.05) is 19.0 Å². The van der Waals surface area contributed by atoms with E-state index in [1.807, 2.05) is 53.4 Å². The van der Waals surface area contributed by atoms with Gasteiger partial charge in [-0.2, -0.15) is 0 Å². The van der Waals surface area contributed by atoms with Crippen molar-refractivity contribution in [1.29, 1.82) is 0 Å². The first-order chi connectivity index (χ1) is 14.3. The predicted molar refractivity (Wildman–Crippen MR) is 109 cm³/mol. The number of H-pyrrole nitrogens is 1. The second-order valence-corrected chi connectivity index (χ2v) is 7.58. The number of hydrogen-bond donors (Lipinski definition) is 2. The van der Waals surface area contributed by atoms with Gasteiger partial charge >= 0.3 is 6.03 Å². The molecule has 1 atom stereocenters. The van der Waals surface area contributed by atoms with Gasteiger partial charge in [0.15, 0.2) is 17.6 Å². The van der Waals surface area contributed by atoms with Crippen molar-refractivity contribution in [2.24, 2.45) is 0 Å². The average molecular weight is 392 g/mol. The highest BCUT2D eigenvalue weighted by Crippen LogP contribution is 2.31. The predicted octanol–water partition coefficient (Wildman–Crippen LogP) is 3.29. The number of urea groups is 1. The van der Waals surface area contributed by atoms with Gasteiger partial charge in [-0.05, 0) is 37.1 Å². The van der Waals surface area contributed by atoms with Crippen LogP contribution in [0.2, 0.25) is 0 Å². The average Bonchev–Trinajstić information content (AvgIpc) is 3.22. The summed E-state index contributed by atoms with van der Waals surface area (Å²) in [5, 5.41) is 2.99. The molecular formula is C22H24N4O3. The molecule has 5 rings (SSSR count). The Morgan fingerprint density at radius 2 is 1.86 bits per heavy atom. The molecule has 0 spiro atoms. The zero-order chi connectivity index (χ0) is 19.6. The van der Waals surface area contributed by atoms with Crippen LogP contribution in [0.4, 0.5) is 4.79 Å². The molecule has 3 aromatic rings. The molecule has 0 radical (unpaired) electrons. The summed E-state index contributed by atoms with van der Waals surface area (Å²) >= 11 is 0. The van der Waals surface area contributed by atoms with Crippen LogP contribution in [0.3, 0.4) is 0 Å². The standard InChI is InChI=1S/C22H24N4O3/c27-22(23-13-16-14-28-19-7-3-4-8-20(19)29-16)26-11-9-15(10-12-26)21-24-17-5-1-2-6-18(17)25-21/h1-8,15-16H,9-14H2,(H,23,27)(H,24,25)/t16-/m0/s1. The number of hydrogen-bond acceptors (Lipinski definition) is 4. The number of benzene rings is 2. The Morgan fingerprint density at radius 1 is 1.10 bits per heavy atom. The molecule has 1 fully saturated rings. The maximum absolute atomic E-state index is 12.6. The van der Waals surface area contributed by atoms with E-state index in [1.165, 1.54) is 0 Å². The minimum absolute atomic E-state index is 0.0458. The molecule has 2 amide bonds. The van der Waals surface area contributed by atoms with Gasteiger partial charge in [0.25, 0.3) is 0 Å². The molecule has 2 aromatic carbocycles. The Bertz CT molecular complexity index is 977. The fourth-order valence-electron chi connectivity index (χ4n) is 4.00. The van der Waals surface area contributed by atoms with E-state index in [1.54, 1.807) is 0 Å². The third kappa shape index (κ3) is 3.72. The van der Waals surface area contributed by atoms with Gasteiger partial charge in [-0.3, -0.25) is 0 Å². The second-order valence-electron chi connectivity index (χ2n) is 7.58. The van der Waals surface area contributed by atoms with Crippen LogP contribution in [0.1, 0.15) is 24.6 Å². The van der Waals surface area contributed by atoms with Gasteiger partial charge in [-0.15, -0.1) is 0 Å². The number of piperidine rings is 1. The van der Waals surface area contributed by atoms with E-state index >= 15 is 0 Å². The Hall–Kier alpha value is -3.22. The molecule has 2 aliphatic heterocycles. The number of amides is 2. The zero-order valence-electron chi connectivity index (χ0n) is 16.1. The van der Waals surface area contributed by atoms with E-state index in [-0.39, 0.29) is 12.1 Å². The first-order valence-corrected chi connectivity index (χ1v) is 10.1. The summed E-state index contributed by atoms with van der Waals surface area (Å²) in [4.78, 5) is 22.6. The topological polar surface area (TPSA) is 79.5 Å². The maximum atomic E-state index is 12.6. The Labute approximate surface area is 169 Å². The molecule has 7 nitrogen and oxygen atoms in total. The lowest BCUT2D eigenvalue weighted by Gasteiger charge is -2.32. The van der Waals surface area contributed by atoms with Crippen molar-refractivity contribution >= 4 is 17.1 Å². The largest absolute Gasteiger partial charge is 0.486 e. The lowest BCUT2D eigenvalue weighted by atomic mass is 9.96. The smallest absolute Gasteiger partial charge is 0.317 e. The number of fused-ring (bicyclic) bond motifs is 2. The molecule has 2 aliphatic rings. The van der Waals surface area contributed by atoms with Crippen LogP contribution in [0, 0.1) is 0 Å². The number of aromatic nitrogens is 2. The van der Waals surface area contributed by atoms with Crippen molar-refractivity contribution in [3.8, 4) is 11.5 Å². The van der Waals surface area contributed by atoms with Crippen LogP contribution in [0.15, 0.2) is 48.5 Å². The van der Waals surface area contributed by atoms with E-state index in [0.717, 1.165) is 54.3 Å². The molecule has 2 N–H and O–H groups in total. The highest BCUT2D eigenvalue weighted by molar-refractivity contribution is 5.75. The van der Waals surface area contributed by atoms with Crippen molar-refractivity contribution in [3.05, 3.63) is 54.4 Å². The lowest BCUT2D eigenvalue weighted by molar-refractivity contribution is 0.0895. The lowest BCUT2D eigenvalue weighted by Crippen LogP contribution is -2.48. The van der Waals surface area contributed by atoms with Gasteiger partial charge in [0.2, 0.25) is 0 Å². The SMILES string of the molecule is O=C(NC[C@H]1COc2ccccc2O1)N1CCC(c2nc3ccccc3[nH]2)CC1. The second kappa shape index (κ2) is 7.66. The number of carbonyl (C=O) groups is 1. The van der Waals surface area contributed by atoms with Crippen LogP contribution in [-0.4, -0.2) is 53.2 Å². The van der Waals surface area contributed by atoms with Crippen LogP contribution < -0.4 is 14.8 Å². The Kier molecular flexibility index (Phi) is 4.71. The zero-order valence-corrected chi connectivity index (χ0v) is 16.1. The summed E-state index contributed by atoms with van der Waals surface area (Å²) in [5.41, 5.74) is 2.07. The van der Waals surface area contributed by atoms with E-state index in [2.05, 4.69) is 10.3 Å². The molecule has 150 valence electrons. The Morgan fingerprint density at radius 3 is 2.69 bits per heavy atom. The van der Waals surface area contributed by atoms with E-state index < -0.39 is 0 Å². The molecule has 1 aromatic heterocycles. The van der Waals surface area contributed by atoms with Crippen LogP contribution in [0.25, 0.3) is 11.0 Å². The number of aromatic amines is 1. The molecular weight excluding hydrogens is 368 g/mol. The van der Waals surface area contributed by atoms with E-state index in [0.29, 0.717) is 19.1 Å². The third-order valence-corrected chi connectivity index (χ3v) is 5.63. The van der Waals surface area contributed by atoms with Crippen LogP contribution in [0.5, 0.6) is 11.5 Å². The van der Waals surface area contributed by atoms with Crippen LogP contribution in [-0.2, 0) is 0 Å². The Balaban J connectivity index is 1.12. The number of nitrogens with zero attached hydrogens (tertiary/aromatic N) is 2. The highest BCUT2D eigenvalue weighted by Gasteiger charge is 2.27. The normalized spacial score (nSPS) is 19.3. The molecule has 1 saturated heterocycles. The molecule has 0 aliphatic carbocycles. The first-order valence-electron chi connectivity index (χ1n) is 10.1. The minimum atomic E-state index is -0.179. The van der Waals surface area contributed by atoms with Gasteiger partial charge in [-0.25, -0.2) is 9.78 Å². The number of rotatable bonds is 3. The number of ether oxygens (including phenoxy) is 2. The summed E-state index contributed by atoms with van der Waals surface area (Å²) in [6.07, 6.45) is 1.63. The minimum Gasteiger partial charge on any atom is -0.486 e. The van der Waals surface area contributed by atoms with Gasteiger partial charge < -0.3 is 24.7 Å². The first kappa shape index (κ1) is 17.8. The maximum Gasteiger partial charge on any atom is 0.317 e. The molecule has 7 heteroatoms. The summed E-state index contributed by atoms with van der Waals surface area (Å²) < 4.78 is 11.6. The molecule has 3 heterocycles. The van der Waals surface area contributed by atoms with E-state index in [9.17, 15) is 4.79 Å². The van der Waals surface area contributed by atoms with Crippen molar-refractivity contribution in [2.75, 3.05) is 26.2 Å². The molecule has 29 heavy (non-hydrogen) atoms. The third-order valence-electron chi connectivity index (χ3n) is 5.63. The van der Waals surface area contributed by atoms with Crippen LogP contribution >= 0.6 is 0 Å². The number of imidazole rings is 1. The fourth-order valence-corrected chi connectivity index (χ4v) is 4.00. The van der Waals surface area contributed by atoms with Gasteiger partial charge in [0.05, 0.1) is 17.6 Å². The quantitative estimate of drug-likeness (QED) is 0.717. The number of para-hydroxylation sites is 4. The summed E-state index contributed by atoms with van der Waals surface area (Å²) in [7, 11) is 0. The van der Waals surface area contributed by atoms with E-state index in [4.69, 9.17) is 14.5 Å². The summed E-state index contributed by atoms with van der Waals surface area (Å²) in [6.45, 7) is 2.30. The summed E-state index contributed by atoms with van der Waals surface area (Å²) in [6, 6.07) is 15.6. The molecule has 0 unspecified atom stereocenters. The van der Waals surface area contributed by atoms with Gasteiger partial charge in [-0.1, -0.05) is 24.3 Å². The van der Waals surface area contributed by atoms with Gasteiger partial charge in [0.1, 0.15) is 12.4 Å². The number of nitrogens with one attached hydrogen (secondary N) is 2. The van der Waals surface area contributed by atoms with Crippen molar-refractivity contribution < 1.29 is 14.3 Å². The monoisotopic (exact) mass is 392 g/mol. The fraction of sp³-hybridized carbons (Fsp3) is 0.364. The highest BCUT2D eigenvalue weighted by atomic mass is 16.6.